The number of ether oxygens (including phenoxy) is 1. The minimum Gasteiger partial charge on any atom is -0.497 e. The van der Waals surface area contributed by atoms with Crippen LogP contribution in [0.3, 0.4) is 0 Å². The lowest BCUT2D eigenvalue weighted by Crippen LogP contribution is -2.08. The van der Waals surface area contributed by atoms with Crippen molar-refractivity contribution in [1.82, 2.24) is 4.98 Å². The van der Waals surface area contributed by atoms with E-state index in [0.29, 0.717) is 28.4 Å². The summed E-state index contributed by atoms with van der Waals surface area (Å²) in [4.78, 5) is 28.0. The Morgan fingerprint density at radius 1 is 1.00 bits per heavy atom. The molecule has 5 rings (SSSR count). The molecule has 2 unspecified atom stereocenters. The van der Waals surface area contributed by atoms with Crippen LogP contribution in [0.25, 0.3) is 22.4 Å². The predicted molar refractivity (Wildman–Crippen MR) is 133 cm³/mol. The summed E-state index contributed by atoms with van der Waals surface area (Å²) in [5.41, 5.74) is 3.93. The highest BCUT2D eigenvalue weighted by Gasteiger charge is 2.48. The van der Waals surface area contributed by atoms with Crippen LogP contribution in [0.1, 0.15) is 16.8 Å². The van der Waals surface area contributed by atoms with Gasteiger partial charge >= 0.3 is 5.97 Å². The summed E-state index contributed by atoms with van der Waals surface area (Å²) in [5, 5.41) is 14.5. The minimum atomic E-state index is -0.932. The minimum absolute atomic E-state index is 0.160. The molecule has 2 atom stereocenters. The number of benzene rings is 3. The van der Waals surface area contributed by atoms with E-state index in [1.807, 2.05) is 29.6 Å². The van der Waals surface area contributed by atoms with E-state index >= 15 is 0 Å². The van der Waals surface area contributed by atoms with Crippen molar-refractivity contribution in [3.63, 3.8) is 0 Å². The molecule has 4 aromatic rings. The number of carboxylic acids is 1. The maximum Gasteiger partial charge on any atom is 0.307 e. The monoisotopic (exact) mass is 488 g/mol. The van der Waals surface area contributed by atoms with Crippen molar-refractivity contribution in [3.05, 3.63) is 83.5 Å². The molecule has 0 radical (unpaired) electrons. The van der Waals surface area contributed by atoms with Gasteiger partial charge in [0.05, 0.1) is 24.4 Å². The number of hydrogen-bond acceptors (Lipinski definition) is 6. The number of halogens is 1. The van der Waals surface area contributed by atoms with E-state index < -0.39 is 23.6 Å². The third-order valence-corrected chi connectivity index (χ3v) is 6.81. The Bertz CT molecular complexity index is 1400. The molecule has 0 aliphatic heterocycles. The van der Waals surface area contributed by atoms with Crippen LogP contribution < -0.4 is 10.1 Å². The number of thiazole rings is 1. The Morgan fingerprint density at radius 3 is 2.31 bits per heavy atom. The summed E-state index contributed by atoms with van der Waals surface area (Å²) in [7, 11) is 1.61. The number of ketones is 1. The van der Waals surface area contributed by atoms with Crippen LogP contribution in [-0.4, -0.2) is 29.0 Å². The molecule has 8 heteroatoms. The van der Waals surface area contributed by atoms with Crippen molar-refractivity contribution in [3.8, 4) is 28.1 Å². The number of rotatable bonds is 8. The number of nitrogens with one attached hydrogen (secondary N) is 1. The fraction of sp³-hybridized carbons (Fsp3) is 0.148. The van der Waals surface area contributed by atoms with Gasteiger partial charge in [0.2, 0.25) is 0 Å². The van der Waals surface area contributed by atoms with Crippen molar-refractivity contribution < 1.29 is 23.8 Å². The standard InChI is InChI=1S/C27H21FN2O4S/c1-34-19-9-6-16(7-10-19)24-14-35-27(30-24)29-23-11-8-18(12-22(23)28)15-2-4-17(5-3-15)25(31)20-13-21(20)26(32)33/h2-12,14,20-21H,13H2,1H3,(H,29,30)(H,32,33). The Kier molecular flexibility index (Phi) is 6.05. The van der Waals surface area contributed by atoms with Gasteiger partial charge < -0.3 is 15.2 Å². The molecule has 1 fully saturated rings. The molecule has 176 valence electrons. The topological polar surface area (TPSA) is 88.5 Å². The number of aliphatic carboxylic acids is 1. The Balaban J connectivity index is 1.27. The van der Waals surface area contributed by atoms with Crippen LogP contribution in [0.5, 0.6) is 5.75 Å². The van der Waals surface area contributed by atoms with Crippen LogP contribution in [0.2, 0.25) is 0 Å². The highest BCUT2D eigenvalue weighted by atomic mass is 32.1. The molecule has 0 saturated heterocycles. The van der Waals surface area contributed by atoms with Crippen molar-refractivity contribution in [1.29, 1.82) is 0 Å². The Labute approximate surface area is 205 Å². The number of carbonyl (C=O) groups excluding carboxylic acids is 1. The number of carbonyl (C=O) groups is 2. The van der Waals surface area contributed by atoms with Crippen LogP contribution in [-0.2, 0) is 4.79 Å². The summed E-state index contributed by atoms with van der Waals surface area (Å²) in [5.74, 6) is -1.78. The highest BCUT2D eigenvalue weighted by molar-refractivity contribution is 7.14. The van der Waals surface area contributed by atoms with E-state index in [9.17, 15) is 14.0 Å². The average molecular weight is 489 g/mol. The molecular weight excluding hydrogens is 467 g/mol. The SMILES string of the molecule is COc1ccc(-c2csc(Nc3ccc(-c4ccc(C(=O)C5CC5C(=O)O)cc4)cc3F)n2)cc1. The van der Waals surface area contributed by atoms with Crippen molar-refractivity contribution in [2.45, 2.75) is 6.42 Å². The molecule has 6 nitrogen and oxygen atoms in total. The van der Waals surface area contributed by atoms with Gasteiger partial charge in [-0.05, 0) is 53.9 Å². The number of aromatic nitrogens is 1. The Hall–Kier alpha value is -4.04. The van der Waals surface area contributed by atoms with Gasteiger partial charge in [-0.25, -0.2) is 9.37 Å². The van der Waals surface area contributed by atoms with Crippen molar-refractivity contribution >= 4 is 33.9 Å². The lowest BCUT2D eigenvalue weighted by molar-refractivity contribution is -0.138. The maximum atomic E-state index is 14.9. The van der Waals surface area contributed by atoms with Crippen LogP contribution in [0.15, 0.2) is 72.1 Å². The smallest absolute Gasteiger partial charge is 0.307 e. The largest absolute Gasteiger partial charge is 0.497 e. The lowest BCUT2D eigenvalue weighted by Gasteiger charge is -2.08. The number of anilines is 2. The molecule has 2 N–H and O–H groups in total. The van der Waals surface area contributed by atoms with E-state index in [1.165, 1.54) is 17.4 Å². The molecule has 35 heavy (non-hydrogen) atoms. The van der Waals surface area contributed by atoms with E-state index in [2.05, 4.69) is 10.3 Å². The van der Waals surface area contributed by atoms with Gasteiger partial charge in [0.25, 0.3) is 0 Å². The van der Waals surface area contributed by atoms with Crippen molar-refractivity contribution in [2.24, 2.45) is 11.8 Å². The molecule has 1 heterocycles. The number of carboxylic acid groups (broad SMARTS) is 1. The number of nitrogens with zero attached hydrogens (tertiary/aromatic N) is 1. The molecule has 3 aromatic carbocycles. The predicted octanol–water partition coefficient (Wildman–Crippen LogP) is 6.27. The van der Waals surface area contributed by atoms with E-state index in [0.717, 1.165) is 22.6 Å². The summed E-state index contributed by atoms with van der Waals surface area (Å²) < 4.78 is 20.0. The summed E-state index contributed by atoms with van der Waals surface area (Å²) >= 11 is 1.38. The summed E-state index contributed by atoms with van der Waals surface area (Å²) in [6.45, 7) is 0. The number of Topliss-reactive ketones (excluding diaryl/α,β-unsaturated/α-hetero) is 1. The molecule has 0 bridgehead atoms. The molecule has 1 aromatic heterocycles. The maximum absolute atomic E-state index is 14.9. The quantitative estimate of drug-likeness (QED) is 0.284. The molecule has 1 saturated carbocycles. The fourth-order valence-corrected chi connectivity index (χ4v) is 4.67. The highest BCUT2D eigenvalue weighted by Crippen LogP contribution is 2.41. The molecular formula is C27H21FN2O4S. The zero-order chi connectivity index (χ0) is 24.5. The summed E-state index contributed by atoms with van der Waals surface area (Å²) in [6, 6.07) is 19.2. The van der Waals surface area contributed by atoms with Gasteiger partial charge in [0, 0.05) is 22.4 Å². The van der Waals surface area contributed by atoms with Crippen molar-refractivity contribution in [2.75, 3.05) is 12.4 Å². The van der Waals surface area contributed by atoms with Gasteiger partial charge in [0.15, 0.2) is 10.9 Å². The van der Waals surface area contributed by atoms with Crippen LogP contribution in [0, 0.1) is 17.7 Å². The first-order valence-corrected chi connectivity index (χ1v) is 11.8. The third kappa shape index (κ3) is 4.79. The summed E-state index contributed by atoms with van der Waals surface area (Å²) in [6.07, 6.45) is 0.385. The number of hydrogen-bond donors (Lipinski definition) is 2. The zero-order valence-corrected chi connectivity index (χ0v) is 19.5. The van der Waals surface area contributed by atoms with Crippen LogP contribution >= 0.6 is 11.3 Å². The molecule has 1 aliphatic rings. The van der Waals surface area contributed by atoms with E-state index in [-0.39, 0.29) is 5.78 Å². The van der Waals surface area contributed by atoms with Gasteiger partial charge in [-0.2, -0.15) is 0 Å². The first-order chi connectivity index (χ1) is 16.9. The van der Waals surface area contributed by atoms with Crippen LogP contribution in [0.4, 0.5) is 15.2 Å². The van der Waals surface area contributed by atoms with Gasteiger partial charge in [-0.3, -0.25) is 9.59 Å². The second-order valence-electron chi connectivity index (χ2n) is 8.31. The van der Waals surface area contributed by atoms with Gasteiger partial charge in [-0.1, -0.05) is 30.3 Å². The van der Waals surface area contributed by atoms with E-state index in [1.54, 1.807) is 43.5 Å². The molecule has 1 aliphatic carbocycles. The normalized spacial score (nSPS) is 16.5. The average Bonchev–Trinajstić information content (AvgIpc) is 3.56. The second-order valence-corrected chi connectivity index (χ2v) is 9.17. The fourth-order valence-electron chi connectivity index (χ4n) is 3.94. The molecule has 0 amide bonds. The van der Waals surface area contributed by atoms with Gasteiger partial charge in [0.1, 0.15) is 11.6 Å². The van der Waals surface area contributed by atoms with E-state index in [4.69, 9.17) is 9.84 Å². The first kappa shape index (κ1) is 22.7. The zero-order valence-electron chi connectivity index (χ0n) is 18.7. The Morgan fingerprint density at radius 2 is 1.69 bits per heavy atom. The molecule has 0 spiro atoms. The van der Waals surface area contributed by atoms with Gasteiger partial charge in [-0.15, -0.1) is 11.3 Å². The first-order valence-electron chi connectivity index (χ1n) is 11.0. The lowest BCUT2D eigenvalue weighted by atomic mass is 10.00. The second kappa shape index (κ2) is 9.31. The number of methoxy groups -OCH3 is 1. The third-order valence-electron chi connectivity index (χ3n) is 6.05.